The van der Waals surface area contributed by atoms with Gasteiger partial charge < -0.3 is 15.8 Å². The Morgan fingerprint density at radius 3 is 3.00 bits per heavy atom. The molecule has 0 spiro atoms. The lowest BCUT2D eigenvalue weighted by Gasteiger charge is -2.47. The molecule has 2 aromatic rings. The first-order valence-electron chi connectivity index (χ1n) is 9.50. The summed E-state index contributed by atoms with van der Waals surface area (Å²) in [4.78, 5) is 21.2. The van der Waals surface area contributed by atoms with Gasteiger partial charge in [-0.1, -0.05) is 11.8 Å². The lowest BCUT2D eigenvalue weighted by molar-refractivity contribution is -0.0514. The van der Waals surface area contributed by atoms with E-state index in [0.717, 1.165) is 0 Å². The van der Waals surface area contributed by atoms with Crippen molar-refractivity contribution in [2.45, 2.75) is 25.0 Å². The van der Waals surface area contributed by atoms with E-state index in [1.807, 2.05) is 13.0 Å². The summed E-state index contributed by atoms with van der Waals surface area (Å²) >= 11 is 1.45. The molecule has 1 fully saturated rings. The molecule has 0 saturated carbocycles. The number of thioether (sulfide) groups is 1. The zero-order valence-electron chi connectivity index (χ0n) is 16.3. The number of aliphatic imine (C=N–C) groups is 1. The summed E-state index contributed by atoms with van der Waals surface area (Å²) in [5, 5.41) is 12.0. The molecule has 1 amide bonds. The van der Waals surface area contributed by atoms with Gasteiger partial charge in [0.1, 0.15) is 17.6 Å². The molecule has 3 N–H and O–H groups in total. The number of aromatic nitrogens is 1. The number of amides is 1. The molecule has 1 aromatic heterocycles. The SMILES string of the molecule is CC1OCCC2(c3cc(NC(=O)c4ccc(C#N)cn4)ccc3F)N=C(N)SCC12. The summed E-state index contributed by atoms with van der Waals surface area (Å²) in [5.41, 5.74) is 6.55. The van der Waals surface area contributed by atoms with Crippen LogP contribution in [-0.2, 0) is 10.3 Å². The number of rotatable bonds is 3. The van der Waals surface area contributed by atoms with Crippen molar-refractivity contribution in [2.75, 3.05) is 17.7 Å². The van der Waals surface area contributed by atoms with Crippen LogP contribution in [0, 0.1) is 23.1 Å². The summed E-state index contributed by atoms with van der Waals surface area (Å²) < 4.78 is 20.8. The van der Waals surface area contributed by atoms with Crippen LogP contribution < -0.4 is 11.1 Å². The fraction of sp³-hybridized carbons (Fsp3) is 0.333. The van der Waals surface area contributed by atoms with Gasteiger partial charge in [0.2, 0.25) is 0 Å². The number of carbonyl (C=O) groups is 1. The number of halogens is 1. The number of nitrogens with zero attached hydrogens (tertiary/aromatic N) is 3. The predicted molar refractivity (Wildman–Crippen MR) is 113 cm³/mol. The van der Waals surface area contributed by atoms with Crippen LogP contribution in [0.25, 0.3) is 0 Å². The van der Waals surface area contributed by atoms with Crippen LogP contribution in [0.5, 0.6) is 0 Å². The second kappa shape index (κ2) is 8.05. The average molecular weight is 425 g/mol. The van der Waals surface area contributed by atoms with Crippen LogP contribution in [0.15, 0.2) is 41.5 Å². The topological polar surface area (TPSA) is 113 Å². The van der Waals surface area contributed by atoms with Crippen LogP contribution >= 0.6 is 11.8 Å². The molecule has 0 aliphatic carbocycles. The fourth-order valence-electron chi connectivity index (χ4n) is 4.03. The maximum absolute atomic E-state index is 15.0. The summed E-state index contributed by atoms with van der Waals surface area (Å²) in [7, 11) is 0. The number of pyridine rings is 1. The van der Waals surface area contributed by atoms with Crippen molar-refractivity contribution in [3.63, 3.8) is 0 Å². The number of hydrogen-bond donors (Lipinski definition) is 2. The van der Waals surface area contributed by atoms with Crippen LogP contribution in [0.1, 0.15) is 35.0 Å². The van der Waals surface area contributed by atoms with E-state index in [9.17, 15) is 4.79 Å². The molecule has 1 aromatic carbocycles. The molecule has 2 aliphatic heterocycles. The van der Waals surface area contributed by atoms with E-state index in [1.165, 1.54) is 42.2 Å². The van der Waals surface area contributed by atoms with Gasteiger partial charge in [-0.25, -0.2) is 9.37 Å². The first kappa shape index (κ1) is 20.3. The zero-order valence-corrected chi connectivity index (χ0v) is 17.1. The number of nitrogens with one attached hydrogen (secondary N) is 1. The Bertz CT molecular complexity index is 1050. The number of benzene rings is 1. The van der Waals surface area contributed by atoms with Gasteiger partial charge in [0.25, 0.3) is 5.91 Å². The lowest BCUT2D eigenvalue weighted by atomic mass is 9.72. The Balaban J connectivity index is 1.68. The smallest absolute Gasteiger partial charge is 0.274 e. The summed E-state index contributed by atoms with van der Waals surface area (Å²) in [5.74, 6) is -0.202. The Labute approximate surface area is 177 Å². The molecule has 3 atom stereocenters. The molecule has 3 heterocycles. The molecule has 0 radical (unpaired) electrons. The largest absolute Gasteiger partial charge is 0.379 e. The minimum absolute atomic E-state index is 0.0378. The quantitative estimate of drug-likeness (QED) is 0.781. The second-order valence-electron chi connectivity index (χ2n) is 7.31. The highest BCUT2D eigenvalue weighted by atomic mass is 32.2. The molecule has 2 aliphatic rings. The van der Waals surface area contributed by atoms with E-state index in [0.29, 0.717) is 40.8 Å². The summed E-state index contributed by atoms with van der Waals surface area (Å²) in [6.07, 6.45) is 1.74. The normalized spacial score (nSPS) is 25.6. The molecule has 154 valence electrons. The number of nitriles is 1. The first-order chi connectivity index (χ1) is 14.4. The minimum atomic E-state index is -0.829. The van der Waals surface area contributed by atoms with Gasteiger partial charge in [-0.15, -0.1) is 0 Å². The van der Waals surface area contributed by atoms with Crippen LogP contribution in [-0.4, -0.2) is 34.5 Å². The van der Waals surface area contributed by atoms with Gasteiger partial charge >= 0.3 is 0 Å². The molecule has 7 nitrogen and oxygen atoms in total. The van der Waals surface area contributed by atoms with Crippen molar-refractivity contribution in [3.8, 4) is 6.07 Å². The number of nitrogens with two attached hydrogens (primary N) is 1. The van der Waals surface area contributed by atoms with Crippen LogP contribution in [0.3, 0.4) is 0 Å². The Hall–Kier alpha value is -2.96. The summed E-state index contributed by atoms with van der Waals surface area (Å²) in [6, 6.07) is 9.39. The third-order valence-corrected chi connectivity index (χ3v) is 6.49. The molecule has 30 heavy (non-hydrogen) atoms. The maximum Gasteiger partial charge on any atom is 0.274 e. The highest BCUT2D eigenvalue weighted by Gasteiger charge is 2.49. The lowest BCUT2D eigenvalue weighted by Crippen LogP contribution is -2.50. The zero-order chi connectivity index (χ0) is 21.3. The van der Waals surface area contributed by atoms with Gasteiger partial charge in [0, 0.05) is 42.1 Å². The molecule has 4 rings (SSSR count). The number of hydrogen-bond acceptors (Lipinski definition) is 7. The number of carbonyl (C=O) groups excluding carboxylic acids is 1. The summed E-state index contributed by atoms with van der Waals surface area (Å²) in [6.45, 7) is 2.42. The second-order valence-corrected chi connectivity index (χ2v) is 8.35. The average Bonchev–Trinajstić information content (AvgIpc) is 2.75. The Kier molecular flexibility index (Phi) is 5.45. The first-order valence-corrected chi connectivity index (χ1v) is 10.5. The number of amidine groups is 1. The molecule has 3 unspecified atom stereocenters. The number of fused-ring (bicyclic) bond motifs is 1. The van der Waals surface area contributed by atoms with Crippen LogP contribution in [0.4, 0.5) is 10.1 Å². The van der Waals surface area contributed by atoms with Crippen molar-refractivity contribution in [3.05, 3.63) is 59.2 Å². The maximum atomic E-state index is 15.0. The van der Waals surface area contributed by atoms with E-state index in [4.69, 9.17) is 20.7 Å². The van der Waals surface area contributed by atoms with Gasteiger partial charge in [-0.05, 0) is 37.3 Å². The van der Waals surface area contributed by atoms with E-state index in [-0.39, 0.29) is 17.7 Å². The number of ether oxygens (including phenoxy) is 1. The number of anilines is 1. The van der Waals surface area contributed by atoms with E-state index in [1.54, 1.807) is 6.07 Å². The van der Waals surface area contributed by atoms with E-state index in [2.05, 4.69) is 10.3 Å². The molecular formula is C21H20FN5O2S. The van der Waals surface area contributed by atoms with Crippen molar-refractivity contribution in [2.24, 2.45) is 16.6 Å². The molecular weight excluding hydrogens is 405 g/mol. The highest BCUT2D eigenvalue weighted by Crippen LogP contribution is 2.48. The highest BCUT2D eigenvalue weighted by molar-refractivity contribution is 8.13. The standard InChI is InChI=1S/C21H20FN5O2S/c1-12-16-11-30-20(24)27-21(16,6-7-29-12)15-8-14(3-4-17(15)22)26-19(28)18-5-2-13(9-23)10-25-18/h2-5,8,10,12,16H,6-7,11H2,1H3,(H2,24,27)(H,26,28). The fourth-order valence-corrected chi connectivity index (χ4v) is 5.15. The van der Waals surface area contributed by atoms with E-state index >= 15 is 4.39 Å². The van der Waals surface area contributed by atoms with Crippen molar-refractivity contribution in [1.29, 1.82) is 5.26 Å². The van der Waals surface area contributed by atoms with Gasteiger partial charge in [0.05, 0.1) is 17.2 Å². The van der Waals surface area contributed by atoms with Crippen molar-refractivity contribution >= 4 is 28.5 Å². The predicted octanol–water partition coefficient (Wildman–Crippen LogP) is 3.03. The van der Waals surface area contributed by atoms with E-state index < -0.39 is 17.3 Å². The van der Waals surface area contributed by atoms with Gasteiger partial charge in [-0.3, -0.25) is 9.79 Å². The molecule has 9 heteroatoms. The van der Waals surface area contributed by atoms with Gasteiger partial charge in [-0.2, -0.15) is 5.26 Å². The monoisotopic (exact) mass is 425 g/mol. The third kappa shape index (κ3) is 3.64. The van der Waals surface area contributed by atoms with Crippen LogP contribution in [0.2, 0.25) is 0 Å². The van der Waals surface area contributed by atoms with Crippen molar-refractivity contribution in [1.82, 2.24) is 4.98 Å². The van der Waals surface area contributed by atoms with Crippen molar-refractivity contribution < 1.29 is 13.9 Å². The van der Waals surface area contributed by atoms with Gasteiger partial charge in [0.15, 0.2) is 5.17 Å². The minimum Gasteiger partial charge on any atom is -0.379 e. The Morgan fingerprint density at radius 1 is 1.43 bits per heavy atom. The third-order valence-electron chi connectivity index (χ3n) is 5.58. The Morgan fingerprint density at radius 2 is 2.27 bits per heavy atom. The molecule has 0 bridgehead atoms. The molecule has 1 saturated heterocycles.